The zero-order valence-corrected chi connectivity index (χ0v) is 17.4. The van der Waals surface area contributed by atoms with Crippen LogP contribution in [-0.4, -0.2) is 31.7 Å². The number of nitrogens with one attached hydrogen (secondary N) is 1. The predicted molar refractivity (Wildman–Crippen MR) is 104 cm³/mol. The van der Waals surface area contributed by atoms with E-state index in [0.29, 0.717) is 18.5 Å². The Morgan fingerprint density at radius 2 is 1.96 bits per heavy atom. The first-order chi connectivity index (χ1) is 12.3. The van der Waals surface area contributed by atoms with Crippen molar-refractivity contribution in [3.05, 3.63) is 45.0 Å². The lowest BCUT2D eigenvalue weighted by molar-refractivity contribution is -0.120. The molecule has 1 aromatic carbocycles. The molecule has 5 nitrogen and oxygen atoms in total. The number of carbonyl (C=O) groups is 1. The van der Waals surface area contributed by atoms with Crippen molar-refractivity contribution in [1.29, 1.82) is 0 Å². The molecule has 140 valence electrons. The number of benzene rings is 1. The van der Waals surface area contributed by atoms with Gasteiger partial charge < -0.3 is 5.32 Å². The average molecular weight is 482 g/mol. The topological polar surface area (TPSA) is 66.5 Å². The van der Waals surface area contributed by atoms with Crippen LogP contribution >= 0.6 is 38.9 Å². The highest BCUT2D eigenvalue weighted by Crippen LogP contribution is 2.31. The molecule has 0 saturated carbocycles. The van der Waals surface area contributed by atoms with Crippen molar-refractivity contribution in [2.75, 3.05) is 18.4 Å². The van der Waals surface area contributed by atoms with Crippen molar-refractivity contribution in [2.24, 2.45) is 5.92 Å². The van der Waals surface area contributed by atoms with Gasteiger partial charge in [0.25, 0.3) is 10.0 Å². The zero-order chi connectivity index (χ0) is 18.9. The fourth-order valence-corrected chi connectivity index (χ4v) is 6.60. The summed E-state index contributed by atoms with van der Waals surface area (Å²) >= 11 is 10.4. The number of thiophene rings is 1. The van der Waals surface area contributed by atoms with Gasteiger partial charge >= 0.3 is 0 Å². The van der Waals surface area contributed by atoms with Crippen molar-refractivity contribution < 1.29 is 17.6 Å². The third-order valence-electron chi connectivity index (χ3n) is 4.16. The number of carbonyl (C=O) groups excluding carboxylic acids is 1. The monoisotopic (exact) mass is 480 g/mol. The maximum atomic E-state index is 13.1. The van der Waals surface area contributed by atoms with Gasteiger partial charge in [-0.1, -0.05) is 11.6 Å². The standard InChI is InChI=1S/C16H15BrClFN2O3S2/c17-14-3-4-15(25-14)26(23,24)21-7-5-10(6-8-21)16(22)20-13-2-1-11(19)9-12(13)18/h1-4,9-10H,5-8H2,(H,20,22). The third kappa shape index (κ3) is 4.28. The highest BCUT2D eigenvalue weighted by Gasteiger charge is 2.33. The Labute approximate surface area is 168 Å². The van der Waals surface area contributed by atoms with E-state index in [2.05, 4.69) is 21.2 Å². The maximum absolute atomic E-state index is 13.1. The maximum Gasteiger partial charge on any atom is 0.252 e. The Balaban J connectivity index is 1.62. The van der Waals surface area contributed by atoms with E-state index in [1.54, 1.807) is 12.1 Å². The first kappa shape index (κ1) is 19.8. The van der Waals surface area contributed by atoms with E-state index >= 15 is 0 Å². The summed E-state index contributed by atoms with van der Waals surface area (Å²) in [5.41, 5.74) is 0.344. The Bertz CT molecular complexity index is 927. The number of hydrogen-bond acceptors (Lipinski definition) is 4. The van der Waals surface area contributed by atoms with Gasteiger partial charge in [-0.3, -0.25) is 4.79 Å². The molecular weight excluding hydrogens is 467 g/mol. The molecule has 1 N–H and O–H groups in total. The second-order valence-electron chi connectivity index (χ2n) is 5.85. The number of anilines is 1. The number of amides is 1. The summed E-state index contributed by atoms with van der Waals surface area (Å²) in [6, 6.07) is 7.02. The van der Waals surface area contributed by atoms with E-state index < -0.39 is 15.8 Å². The van der Waals surface area contributed by atoms with Crippen LogP contribution in [0.1, 0.15) is 12.8 Å². The molecule has 0 bridgehead atoms. The van der Waals surface area contributed by atoms with Crippen molar-refractivity contribution in [1.82, 2.24) is 4.31 Å². The van der Waals surface area contributed by atoms with Crippen LogP contribution in [0.3, 0.4) is 0 Å². The van der Waals surface area contributed by atoms with E-state index in [1.165, 1.54) is 16.4 Å². The van der Waals surface area contributed by atoms with E-state index in [4.69, 9.17) is 11.6 Å². The lowest BCUT2D eigenvalue weighted by atomic mass is 9.97. The molecule has 0 unspecified atom stereocenters. The van der Waals surface area contributed by atoms with Gasteiger partial charge in [-0.25, -0.2) is 12.8 Å². The first-order valence-corrected chi connectivity index (χ1v) is 11.2. The molecule has 26 heavy (non-hydrogen) atoms. The number of halogens is 3. The molecule has 1 aliphatic heterocycles. The first-order valence-electron chi connectivity index (χ1n) is 7.79. The summed E-state index contributed by atoms with van der Waals surface area (Å²) in [5, 5.41) is 2.81. The van der Waals surface area contributed by atoms with Crippen molar-refractivity contribution >= 4 is 60.5 Å². The third-order valence-corrected chi connectivity index (χ3v) is 8.46. The van der Waals surface area contributed by atoms with E-state index in [0.717, 1.165) is 21.2 Å². The molecule has 1 saturated heterocycles. The van der Waals surface area contributed by atoms with Crippen LogP contribution < -0.4 is 5.32 Å². The van der Waals surface area contributed by atoms with Gasteiger partial charge in [0, 0.05) is 19.0 Å². The fraction of sp³-hybridized carbons (Fsp3) is 0.312. The molecule has 0 atom stereocenters. The molecule has 0 radical (unpaired) electrons. The number of piperidine rings is 1. The SMILES string of the molecule is O=C(Nc1ccc(F)cc1Cl)C1CCN(S(=O)(=O)c2ccc(Br)s2)CC1. The molecule has 2 aromatic rings. The minimum Gasteiger partial charge on any atom is -0.325 e. The van der Waals surface area contributed by atoms with Crippen molar-refractivity contribution in [3.63, 3.8) is 0 Å². The van der Waals surface area contributed by atoms with Crippen LogP contribution in [0.4, 0.5) is 10.1 Å². The molecule has 1 fully saturated rings. The number of sulfonamides is 1. The van der Waals surface area contributed by atoms with Gasteiger partial charge in [0.1, 0.15) is 10.0 Å². The molecule has 1 aliphatic rings. The molecular formula is C16H15BrClFN2O3S2. The Morgan fingerprint density at radius 1 is 1.27 bits per heavy atom. The number of rotatable bonds is 4. The lowest BCUT2D eigenvalue weighted by Gasteiger charge is -2.30. The average Bonchev–Trinajstić information content (AvgIpc) is 3.05. The molecule has 1 aromatic heterocycles. The van der Waals surface area contributed by atoms with Crippen LogP contribution in [0.25, 0.3) is 0 Å². The summed E-state index contributed by atoms with van der Waals surface area (Å²) in [5.74, 6) is -1.04. The van der Waals surface area contributed by atoms with Gasteiger partial charge in [0.05, 0.1) is 14.5 Å². The normalized spacial score (nSPS) is 16.6. The van der Waals surface area contributed by atoms with E-state index in [9.17, 15) is 17.6 Å². The fourth-order valence-electron chi connectivity index (χ4n) is 2.75. The smallest absolute Gasteiger partial charge is 0.252 e. The van der Waals surface area contributed by atoms with Gasteiger partial charge in [-0.15, -0.1) is 11.3 Å². The minimum absolute atomic E-state index is 0.127. The van der Waals surface area contributed by atoms with Crippen LogP contribution in [-0.2, 0) is 14.8 Å². The number of nitrogens with zero attached hydrogens (tertiary/aromatic N) is 1. The highest BCUT2D eigenvalue weighted by molar-refractivity contribution is 9.11. The van der Waals surface area contributed by atoms with Crippen LogP contribution in [0.2, 0.25) is 5.02 Å². The quantitative estimate of drug-likeness (QED) is 0.706. The molecule has 1 amide bonds. The van der Waals surface area contributed by atoms with Crippen LogP contribution in [0.5, 0.6) is 0 Å². The van der Waals surface area contributed by atoms with E-state index in [-0.39, 0.29) is 34.1 Å². The van der Waals surface area contributed by atoms with Gasteiger partial charge in [0.15, 0.2) is 0 Å². The highest BCUT2D eigenvalue weighted by atomic mass is 79.9. The Morgan fingerprint density at radius 3 is 2.54 bits per heavy atom. The summed E-state index contributed by atoms with van der Waals surface area (Å²) in [6.45, 7) is 0.542. The second-order valence-corrected chi connectivity index (χ2v) is 10.9. The van der Waals surface area contributed by atoms with Crippen LogP contribution in [0.15, 0.2) is 38.3 Å². The summed E-state index contributed by atoms with van der Waals surface area (Å²) in [7, 11) is -3.53. The van der Waals surface area contributed by atoms with Gasteiger partial charge in [-0.2, -0.15) is 4.31 Å². The molecule has 0 aliphatic carbocycles. The van der Waals surface area contributed by atoms with Gasteiger partial charge in [-0.05, 0) is 59.1 Å². The van der Waals surface area contributed by atoms with E-state index in [1.807, 2.05) is 0 Å². The predicted octanol–water partition coefficient (Wildman–Crippen LogP) is 4.34. The summed E-state index contributed by atoms with van der Waals surface area (Å²) < 4.78 is 40.7. The zero-order valence-electron chi connectivity index (χ0n) is 13.4. The molecule has 10 heteroatoms. The minimum atomic E-state index is -3.53. The summed E-state index contributed by atoms with van der Waals surface area (Å²) in [4.78, 5) is 12.4. The lowest BCUT2D eigenvalue weighted by Crippen LogP contribution is -2.41. The van der Waals surface area contributed by atoms with Crippen molar-refractivity contribution in [3.8, 4) is 0 Å². The van der Waals surface area contributed by atoms with Gasteiger partial charge in [0.2, 0.25) is 5.91 Å². The largest absolute Gasteiger partial charge is 0.325 e. The second kappa shape index (κ2) is 7.93. The van der Waals surface area contributed by atoms with Crippen LogP contribution in [0, 0.1) is 11.7 Å². The number of hydrogen-bond donors (Lipinski definition) is 1. The molecule has 3 rings (SSSR count). The molecule has 2 heterocycles. The summed E-state index contributed by atoms with van der Waals surface area (Å²) in [6.07, 6.45) is 0.826. The van der Waals surface area contributed by atoms with Crippen molar-refractivity contribution in [2.45, 2.75) is 17.1 Å². The Hall–Kier alpha value is -1.000. The Kier molecular flexibility index (Phi) is 6.03. The molecule has 0 spiro atoms.